The maximum absolute atomic E-state index is 12.4. The molecule has 144 valence electrons. The molecule has 1 saturated heterocycles. The van der Waals surface area contributed by atoms with E-state index in [1.165, 1.54) is 6.07 Å². The average Bonchev–Trinajstić information content (AvgIpc) is 3.48. The molecule has 2 amide bonds. The molecule has 0 bridgehead atoms. The highest BCUT2D eigenvalue weighted by Gasteiger charge is 2.35. The maximum atomic E-state index is 12.4. The SMILES string of the molecule is O=C(CCN=C1NS(=O)(=O)c2ccccc21)N1CCN(C(=O)C2CC2)CC1. The van der Waals surface area contributed by atoms with Gasteiger partial charge < -0.3 is 9.80 Å². The lowest BCUT2D eigenvalue weighted by atomic mass is 10.2. The molecule has 1 aliphatic carbocycles. The molecule has 2 aliphatic heterocycles. The van der Waals surface area contributed by atoms with Crippen LogP contribution in [-0.2, 0) is 19.6 Å². The van der Waals surface area contributed by atoms with Crippen molar-refractivity contribution in [3.05, 3.63) is 29.8 Å². The molecule has 8 nitrogen and oxygen atoms in total. The first kappa shape index (κ1) is 18.0. The summed E-state index contributed by atoms with van der Waals surface area (Å²) in [4.78, 5) is 32.5. The predicted molar refractivity (Wildman–Crippen MR) is 98.7 cm³/mol. The fourth-order valence-electron chi connectivity index (χ4n) is 3.44. The Balaban J connectivity index is 1.30. The number of benzene rings is 1. The number of rotatable bonds is 4. The number of fused-ring (bicyclic) bond motifs is 1. The highest BCUT2D eigenvalue weighted by Crippen LogP contribution is 2.31. The van der Waals surface area contributed by atoms with Crippen molar-refractivity contribution in [2.45, 2.75) is 24.2 Å². The van der Waals surface area contributed by atoms with Crippen molar-refractivity contribution in [3.8, 4) is 0 Å². The summed E-state index contributed by atoms with van der Waals surface area (Å²) in [6, 6.07) is 6.65. The molecule has 1 saturated carbocycles. The van der Waals surface area contributed by atoms with Gasteiger partial charge in [0.1, 0.15) is 5.84 Å². The minimum atomic E-state index is -3.56. The molecule has 0 aromatic heterocycles. The Morgan fingerprint density at radius 1 is 1.07 bits per heavy atom. The van der Waals surface area contributed by atoms with Crippen LogP contribution in [0.25, 0.3) is 0 Å². The third-order valence-electron chi connectivity index (χ3n) is 5.13. The number of aliphatic imine (C=N–C) groups is 1. The largest absolute Gasteiger partial charge is 0.339 e. The standard InChI is InChI=1S/C18H22N4O4S/c23-16(21-9-11-22(12-10-21)18(24)13-5-6-13)7-8-19-17-14-3-1-2-4-15(14)27(25,26)20-17/h1-4,13H,5-12H2,(H,19,20). The molecule has 4 rings (SSSR count). The zero-order valence-corrected chi connectivity index (χ0v) is 15.7. The first-order valence-electron chi connectivity index (χ1n) is 9.19. The van der Waals surface area contributed by atoms with Gasteiger partial charge in [0.15, 0.2) is 0 Å². The molecule has 1 aromatic rings. The highest BCUT2D eigenvalue weighted by atomic mass is 32.2. The van der Waals surface area contributed by atoms with Crippen molar-refractivity contribution in [2.75, 3.05) is 32.7 Å². The fraction of sp³-hybridized carbons (Fsp3) is 0.500. The molecule has 0 unspecified atom stereocenters. The molecule has 3 aliphatic rings. The topological polar surface area (TPSA) is 99.1 Å². The number of nitrogens with zero attached hydrogens (tertiary/aromatic N) is 3. The minimum absolute atomic E-state index is 0.0213. The van der Waals surface area contributed by atoms with Crippen LogP contribution in [0.1, 0.15) is 24.8 Å². The number of hydrogen-bond donors (Lipinski definition) is 1. The Morgan fingerprint density at radius 3 is 2.44 bits per heavy atom. The van der Waals surface area contributed by atoms with Gasteiger partial charge in [0.25, 0.3) is 10.0 Å². The van der Waals surface area contributed by atoms with E-state index in [9.17, 15) is 18.0 Å². The first-order valence-corrected chi connectivity index (χ1v) is 10.7. The van der Waals surface area contributed by atoms with Gasteiger partial charge >= 0.3 is 0 Å². The van der Waals surface area contributed by atoms with Crippen LogP contribution < -0.4 is 4.72 Å². The monoisotopic (exact) mass is 390 g/mol. The van der Waals surface area contributed by atoms with Crippen LogP contribution >= 0.6 is 0 Å². The van der Waals surface area contributed by atoms with E-state index in [0.29, 0.717) is 37.6 Å². The molecule has 0 radical (unpaired) electrons. The lowest BCUT2D eigenvalue weighted by Gasteiger charge is -2.35. The van der Waals surface area contributed by atoms with Crippen molar-refractivity contribution < 1.29 is 18.0 Å². The third kappa shape index (κ3) is 3.69. The maximum Gasteiger partial charge on any atom is 0.263 e. The number of nitrogens with one attached hydrogen (secondary N) is 1. The summed E-state index contributed by atoms with van der Waals surface area (Å²) in [5.41, 5.74) is 0.539. The quantitative estimate of drug-likeness (QED) is 0.794. The van der Waals surface area contributed by atoms with E-state index in [4.69, 9.17) is 0 Å². The van der Waals surface area contributed by atoms with E-state index < -0.39 is 10.0 Å². The van der Waals surface area contributed by atoms with Crippen molar-refractivity contribution >= 4 is 27.7 Å². The van der Waals surface area contributed by atoms with Gasteiger partial charge in [-0.25, -0.2) is 8.42 Å². The number of carbonyl (C=O) groups is 2. The molecule has 1 N–H and O–H groups in total. The summed E-state index contributed by atoms with van der Waals surface area (Å²) in [5, 5.41) is 0. The van der Waals surface area contributed by atoms with Crippen molar-refractivity contribution in [3.63, 3.8) is 0 Å². The van der Waals surface area contributed by atoms with E-state index in [1.807, 2.05) is 4.90 Å². The van der Waals surface area contributed by atoms with Crippen LogP contribution in [0.4, 0.5) is 0 Å². The van der Waals surface area contributed by atoms with Crippen LogP contribution in [0.5, 0.6) is 0 Å². The summed E-state index contributed by atoms with van der Waals surface area (Å²) in [6.45, 7) is 2.48. The summed E-state index contributed by atoms with van der Waals surface area (Å²) in [5.74, 6) is 0.701. The van der Waals surface area contributed by atoms with Crippen molar-refractivity contribution in [1.29, 1.82) is 0 Å². The van der Waals surface area contributed by atoms with Crippen LogP contribution in [0, 0.1) is 5.92 Å². The van der Waals surface area contributed by atoms with Crippen LogP contribution in [0.3, 0.4) is 0 Å². The number of piperazine rings is 1. The van der Waals surface area contributed by atoms with Gasteiger partial charge in [0.05, 0.1) is 11.4 Å². The molecule has 27 heavy (non-hydrogen) atoms. The summed E-state index contributed by atoms with van der Waals surface area (Å²) >= 11 is 0. The van der Waals surface area contributed by atoms with Gasteiger partial charge in [0, 0.05) is 44.1 Å². The van der Waals surface area contributed by atoms with Crippen LogP contribution in [-0.4, -0.2) is 68.6 Å². The minimum Gasteiger partial charge on any atom is -0.339 e. The molecule has 2 fully saturated rings. The molecule has 0 spiro atoms. The summed E-state index contributed by atoms with van der Waals surface area (Å²) < 4.78 is 26.5. The molecular formula is C18H22N4O4S. The van der Waals surface area contributed by atoms with Gasteiger partial charge in [-0.05, 0) is 25.0 Å². The van der Waals surface area contributed by atoms with E-state index in [2.05, 4.69) is 9.71 Å². The van der Waals surface area contributed by atoms with Crippen molar-refractivity contribution in [2.24, 2.45) is 10.9 Å². The molecular weight excluding hydrogens is 368 g/mol. The Morgan fingerprint density at radius 2 is 1.74 bits per heavy atom. The Labute approximate surface area is 158 Å². The number of carbonyl (C=O) groups excluding carboxylic acids is 2. The Hall–Kier alpha value is -2.42. The van der Waals surface area contributed by atoms with Gasteiger partial charge in [-0.3, -0.25) is 19.3 Å². The number of sulfonamides is 1. The van der Waals surface area contributed by atoms with E-state index in [1.54, 1.807) is 23.1 Å². The van der Waals surface area contributed by atoms with Crippen LogP contribution in [0.2, 0.25) is 0 Å². The first-order chi connectivity index (χ1) is 13.0. The average molecular weight is 390 g/mol. The second-order valence-electron chi connectivity index (χ2n) is 7.06. The highest BCUT2D eigenvalue weighted by molar-refractivity contribution is 7.90. The zero-order chi connectivity index (χ0) is 19.0. The summed E-state index contributed by atoms with van der Waals surface area (Å²) in [6.07, 6.45) is 2.19. The lowest BCUT2D eigenvalue weighted by molar-refractivity contribution is -0.140. The summed E-state index contributed by atoms with van der Waals surface area (Å²) in [7, 11) is -3.56. The van der Waals surface area contributed by atoms with E-state index >= 15 is 0 Å². The second-order valence-corrected chi connectivity index (χ2v) is 8.71. The molecule has 9 heteroatoms. The number of amides is 2. The lowest BCUT2D eigenvalue weighted by Crippen LogP contribution is -2.51. The Bertz CT molecular complexity index is 900. The van der Waals surface area contributed by atoms with Gasteiger partial charge in [-0.2, -0.15) is 0 Å². The molecule has 0 atom stereocenters. The molecule has 1 aromatic carbocycles. The second kappa shape index (κ2) is 6.95. The third-order valence-corrected chi connectivity index (χ3v) is 6.53. The number of hydrogen-bond acceptors (Lipinski definition) is 5. The van der Waals surface area contributed by atoms with Gasteiger partial charge in [0.2, 0.25) is 11.8 Å². The smallest absolute Gasteiger partial charge is 0.263 e. The Kier molecular flexibility index (Phi) is 4.63. The van der Waals surface area contributed by atoms with Crippen molar-refractivity contribution in [1.82, 2.24) is 14.5 Å². The van der Waals surface area contributed by atoms with Gasteiger partial charge in [-0.1, -0.05) is 12.1 Å². The zero-order valence-electron chi connectivity index (χ0n) is 14.9. The normalized spacial score (nSPS) is 22.4. The van der Waals surface area contributed by atoms with Gasteiger partial charge in [-0.15, -0.1) is 0 Å². The molecule has 2 heterocycles. The number of amidine groups is 1. The fourth-order valence-corrected chi connectivity index (χ4v) is 4.69. The van der Waals surface area contributed by atoms with E-state index in [-0.39, 0.29) is 35.6 Å². The predicted octanol–water partition coefficient (Wildman–Crippen LogP) is 0.196. The van der Waals surface area contributed by atoms with E-state index in [0.717, 1.165) is 12.8 Å². The van der Waals surface area contributed by atoms with Crippen LogP contribution in [0.15, 0.2) is 34.2 Å².